The van der Waals surface area contributed by atoms with E-state index in [1.807, 2.05) is 72.8 Å². The van der Waals surface area contributed by atoms with Crippen molar-refractivity contribution in [2.24, 2.45) is 0 Å². The van der Waals surface area contributed by atoms with E-state index in [0.717, 1.165) is 33.4 Å². The zero-order valence-electron chi connectivity index (χ0n) is 12.2. The summed E-state index contributed by atoms with van der Waals surface area (Å²) in [5, 5.41) is 19.5. The van der Waals surface area contributed by atoms with Gasteiger partial charge in [0.25, 0.3) is 0 Å². The molecule has 0 aliphatic carbocycles. The standard InChI is InChI=1S/C20H18O2/c21-13-17-11-12-18(14-22)20(16-9-5-2-6-10-16)19(17)15-7-3-1-4-8-15/h1-12,21-22H,13-14H2. The molecule has 0 amide bonds. The van der Waals surface area contributed by atoms with Gasteiger partial charge in [0.05, 0.1) is 13.2 Å². The molecule has 0 unspecified atom stereocenters. The lowest BCUT2D eigenvalue weighted by molar-refractivity contribution is 0.279. The second-order valence-electron chi connectivity index (χ2n) is 5.18. The van der Waals surface area contributed by atoms with Crippen molar-refractivity contribution >= 4 is 0 Å². The van der Waals surface area contributed by atoms with Crippen LogP contribution in [-0.2, 0) is 13.2 Å². The smallest absolute Gasteiger partial charge is 0.0688 e. The number of aliphatic hydroxyl groups is 2. The molecule has 3 aromatic carbocycles. The van der Waals surface area contributed by atoms with Gasteiger partial charge in [0.15, 0.2) is 0 Å². The molecule has 2 nitrogen and oxygen atoms in total. The molecule has 0 aliphatic heterocycles. The molecular formula is C20H18O2. The van der Waals surface area contributed by atoms with Crippen LogP contribution in [-0.4, -0.2) is 10.2 Å². The molecule has 0 radical (unpaired) electrons. The Balaban J connectivity index is 2.35. The van der Waals surface area contributed by atoms with Crippen LogP contribution in [0.3, 0.4) is 0 Å². The number of aliphatic hydroxyl groups excluding tert-OH is 2. The number of rotatable bonds is 4. The molecular weight excluding hydrogens is 272 g/mol. The third kappa shape index (κ3) is 2.67. The highest BCUT2D eigenvalue weighted by Crippen LogP contribution is 2.37. The highest BCUT2D eigenvalue weighted by Gasteiger charge is 2.15. The largest absolute Gasteiger partial charge is 0.392 e. The van der Waals surface area contributed by atoms with Crippen molar-refractivity contribution in [3.8, 4) is 22.3 Å². The fourth-order valence-electron chi connectivity index (χ4n) is 2.82. The van der Waals surface area contributed by atoms with E-state index in [2.05, 4.69) is 0 Å². The van der Waals surface area contributed by atoms with Crippen molar-refractivity contribution < 1.29 is 10.2 Å². The van der Waals surface area contributed by atoms with Gasteiger partial charge < -0.3 is 10.2 Å². The van der Waals surface area contributed by atoms with E-state index < -0.39 is 0 Å². The molecule has 0 bridgehead atoms. The first kappa shape index (κ1) is 14.5. The van der Waals surface area contributed by atoms with Crippen molar-refractivity contribution in [1.82, 2.24) is 0 Å². The fourth-order valence-corrected chi connectivity index (χ4v) is 2.82. The Morgan fingerprint density at radius 3 is 1.18 bits per heavy atom. The van der Waals surface area contributed by atoms with Crippen molar-refractivity contribution in [3.63, 3.8) is 0 Å². The second-order valence-corrected chi connectivity index (χ2v) is 5.18. The summed E-state index contributed by atoms with van der Waals surface area (Å²) in [6, 6.07) is 23.8. The predicted octanol–water partition coefficient (Wildman–Crippen LogP) is 4.01. The molecule has 0 atom stereocenters. The van der Waals surface area contributed by atoms with Gasteiger partial charge in [0.1, 0.15) is 0 Å². The van der Waals surface area contributed by atoms with Crippen LogP contribution in [0.4, 0.5) is 0 Å². The Morgan fingerprint density at radius 1 is 0.500 bits per heavy atom. The molecule has 0 fully saturated rings. The highest BCUT2D eigenvalue weighted by atomic mass is 16.3. The quantitative estimate of drug-likeness (QED) is 0.762. The van der Waals surface area contributed by atoms with Crippen LogP contribution in [0.15, 0.2) is 72.8 Å². The van der Waals surface area contributed by atoms with Gasteiger partial charge >= 0.3 is 0 Å². The Hall–Kier alpha value is -2.42. The summed E-state index contributed by atoms with van der Waals surface area (Å²) < 4.78 is 0. The zero-order chi connectivity index (χ0) is 15.4. The second kappa shape index (κ2) is 6.56. The Bertz CT molecular complexity index is 683. The maximum atomic E-state index is 9.75. The van der Waals surface area contributed by atoms with E-state index in [1.165, 1.54) is 0 Å². The van der Waals surface area contributed by atoms with Gasteiger partial charge in [-0.25, -0.2) is 0 Å². The molecule has 0 spiro atoms. The molecule has 3 aromatic rings. The van der Waals surface area contributed by atoms with Gasteiger partial charge in [-0.2, -0.15) is 0 Å². The molecule has 22 heavy (non-hydrogen) atoms. The van der Waals surface area contributed by atoms with E-state index >= 15 is 0 Å². The topological polar surface area (TPSA) is 40.5 Å². The van der Waals surface area contributed by atoms with Gasteiger partial charge in [-0.05, 0) is 33.4 Å². The van der Waals surface area contributed by atoms with Gasteiger partial charge in [-0.1, -0.05) is 72.8 Å². The molecule has 0 heterocycles. The van der Waals surface area contributed by atoms with E-state index in [9.17, 15) is 10.2 Å². The third-order valence-corrected chi connectivity index (χ3v) is 3.84. The van der Waals surface area contributed by atoms with Gasteiger partial charge in [-0.3, -0.25) is 0 Å². The van der Waals surface area contributed by atoms with Crippen LogP contribution in [0.2, 0.25) is 0 Å². The van der Waals surface area contributed by atoms with Crippen LogP contribution in [0.1, 0.15) is 11.1 Å². The molecule has 0 aliphatic rings. The van der Waals surface area contributed by atoms with Crippen LogP contribution >= 0.6 is 0 Å². The lowest BCUT2D eigenvalue weighted by Crippen LogP contribution is -1.98. The van der Waals surface area contributed by atoms with E-state index in [-0.39, 0.29) is 13.2 Å². The lowest BCUT2D eigenvalue weighted by atomic mass is 9.87. The summed E-state index contributed by atoms with van der Waals surface area (Å²) in [5.74, 6) is 0. The monoisotopic (exact) mass is 290 g/mol. The first-order valence-electron chi connectivity index (χ1n) is 7.32. The third-order valence-electron chi connectivity index (χ3n) is 3.84. The molecule has 0 saturated heterocycles. The SMILES string of the molecule is OCc1ccc(CO)c(-c2ccccc2)c1-c1ccccc1. The number of hydrogen-bond acceptors (Lipinski definition) is 2. The van der Waals surface area contributed by atoms with Crippen molar-refractivity contribution in [1.29, 1.82) is 0 Å². The van der Waals surface area contributed by atoms with Crippen molar-refractivity contribution in [2.75, 3.05) is 0 Å². The van der Waals surface area contributed by atoms with Crippen LogP contribution in [0, 0.1) is 0 Å². The molecule has 3 rings (SSSR count). The van der Waals surface area contributed by atoms with Crippen LogP contribution in [0.5, 0.6) is 0 Å². The first-order valence-corrected chi connectivity index (χ1v) is 7.32. The molecule has 2 N–H and O–H groups in total. The Morgan fingerprint density at radius 2 is 0.864 bits per heavy atom. The predicted molar refractivity (Wildman–Crippen MR) is 89.2 cm³/mol. The summed E-state index contributed by atoms with van der Waals surface area (Å²) >= 11 is 0. The fraction of sp³-hybridized carbons (Fsp3) is 0.100. The molecule has 110 valence electrons. The van der Waals surface area contributed by atoms with Gasteiger partial charge in [0, 0.05) is 0 Å². The van der Waals surface area contributed by atoms with Crippen molar-refractivity contribution in [2.45, 2.75) is 13.2 Å². The molecule has 0 saturated carbocycles. The summed E-state index contributed by atoms with van der Waals surface area (Å²) in [6.45, 7) is -0.0639. The summed E-state index contributed by atoms with van der Waals surface area (Å²) in [7, 11) is 0. The Labute approximate surface area is 130 Å². The number of benzene rings is 3. The van der Waals surface area contributed by atoms with E-state index in [0.29, 0.717) is 0 Å². The molecule has 0 aromatic heterocycles. The maximum Gasteiger partial charge on any atom is 0.0688 e. The van der Waals surface area contributed by atoms with Crippen molar-refractivity contribution in [3.05, 3.63) is 83.9 Å². The minimum atomic E-state index is -0.0320. The average Bonchev–Trinajstić information content (AvgIpc) is 2.61. The Kier molecular flexibility index (Phi) is 4.33. The van der Waals surface area contributed by atoms with Crippen LogP contribution in [0.25, 0.3) is 22.3 Å². The first-order chi connectivity index (χ1) is 10.8. The zero-order valence-corrected chi connectivity index (χ0v) is 12.2. The maximum absolute atomic E-state index is 9.75. The van der Waals surface area contributed by atoms with Gasteiger partial charge in [0.2, 0.25) is 0 Å². The van der Waals surface area contributed by atoms with E-state index in [1.54, 1.807) is 0 Å². The van der Waals surface area contributed by atoms with Gasteiger partial charge in [-0.15, -0.1) is 0 Å². The molecule has 2 heteroatoms. The lowest BCUT2D eigenvalue weighted by Gasteiger charge is -2.18. The normalized spacial score (nSPS) is 10.6. The summed E-state index contributed by atoms with van der Waals surface area (Å²) in [6.07, 6.45) is 0. The minimum Gasteiger partial charge on any atom is -0.392 e. The van der Waals surface area contributed by atoms with Crippen LogP contribution < -0.4 is 0 Å². The summed E-state index contributed by atoms with van der Waals surface area (Å²) in [4.78, 5) is 0. The highest BCUT2D eigenvalue weighted by molar-refractivity contribution is 5.87. The minimum absolute atomic E-state index is 0.0320. The van der Waals surface area contributed by atoms with E-state index in [4.69, 9.17) is 0 Å². The number of hydrogen-bond donors (Lipinski definition) is 2. The summed E-state index contributed by atoms with van der Waals surface area (Å²) in [5.41, 5.74) is 5.78. The average molecular weight is 290 g/mol.